The predicted molar refractivity (Wildman–Crippen MR) is 103 cm³/mol. The standard InChI is InChI=1S/C19H19Cl2N3O2/c20-13-8-4-9-14(21)17(13)24-19(26)16-11-5-10-15(23-16)18(25)22-12-6-2-1-3-7-12/h4-5,8-12H,1-3,6-7H2,(H,22,25)(H,24,26). The van der Waals surface area contributed by atoms with Crippen molar-refractivity contribution in [3.63, 3.8) is 0 Å². The van der Waals surface area contributed by atoms with Crippen LogP contribution in [0.15, 0.2) is 36.4 Å². The third-order valence-electron chi connectivity index (χ3n) is 4.36. The number of anilines is 1. The Labute approximate surface area is 162 Å². The van der Waals surface area contributed by atoms with Crippen molar-refractivity contribution in [3.8, 4) is 0 Å². The fraction of sp³-hybridized carbons (Fsp3) is 0.316. The Morgan fingerprint density at radius 2 is 1.46 bits per heavy atom. The van der Waals surface area contributed by atoms with Crippen LogP contribution in [0.25, 0.3) is 0 Å². The fourth-order valence-corrected chi connectivity index (χ4v) is 3.48. The first-order valence-electron chi connectivity index (χ1n) is 8.58. The van der Waals surface area contributed by atoms with Crippen LogP contribution in [0.2, 0.25) is 10.0 Å². The Morgan fingerprint density at radius 1 is 0.885 bits per heavy atom. The van der Waals surface area contributed by atoms with E-state index in [-0.39, 0.29) is 23.3 Å². The minimum absolute atomic E-state index is 0.122. The summed E-state index contributed by atoms with van der Waals surface area (Å²) in [6, 6.07) is 9.89. The minimum atomic E-state index is -0.479. The summed E-state index contributed by atoms with van der Waals surface area (Å²) in [5.74, 6) is -0.741. The molecule has 0 radical (unpaired) electrons. The van der Waals surface area contributed by atoms with E-state index in [0.29, 0.717) is 15.7 Å². The summed E-state index contributed by atoms with van der Waals surface area (Å²) >= 11 is 12.1. The van der Waals surface area contributed by atoms with Crippen LogP contribution < -0.4 is 10.6 Å². The van der Waals surface area contributed by atoms with Crippen LogP contribution in [-0.4, -0.2) is 22.8 Å². The lowest BCUT2D eigenvalue weighted by atomic mass is 9.95. The van der Waals surface area contributed by atoms with Crippen molar-refractivity contribution in [2.75, 3.05) is 5.32 Å². The Morgan fingerprint density at radius 3 is 2.12 bits per heavy atom. The van der Waals surface area contributed by atoms with Crippen molar-refractivity contribution in [2.45, 2.75) is 38.1 Å². The van der Waals surface area contributed by atoms with Gasteiger partial charge in [-0.05, 0) is 37.1 Å². The molecule has 1 aromatic heterocycles. The molecule has 1 saturated carbocycles. The number of pyridine rings is 1. The molecule has 26 heavy (non-hydrogen) atoms. The number of carbonyl (C=O) groups excluding carboxylic acids is 2. The van der Waals surface area contributed by atoms with Crippen molar-refractivity contribution in [1.29, 1.82) is 0 Å². The Hall–Kier alpha value is -2.11. The zero-order valence-corrected chi connectivity index (χ0v) is 15.6. The van der Waals surface area contributed by atoms with Gasteiger partial charge in [0.05, 0.1) is 15.7 Å². The Balaban J connectivity index is 1.72. The number of carbonyl (C=O) groups is 2. The maximum atomic E-state index is 12.5. The second kappa shape index (κ2) is 8.52. The molecule has 2 amide bonds. The maximum absolute atomic E-state index is 12.5. The van der Waals surface area contributed by atoms with Crippen LogP contribution in [0, 0.1) is 0 Å². The number of nitrogens with one attached hydrogen (secondary N) is 2. The van der Waals surface area contributed by atoms with E-state index in [2.05, 4.69) is 15.6 Å². The van der Waals surface area contributed by atoms with E-state index in [4.69, 9.17) is 23.2 Å². The number of nitrogens with zero attached hydrogens (tertiary/aromatic N) is 1. The van der Waals surface area contributed by atoms with E-state index < -0.39 is 5.91 Å². The summed E-state index contributed by atoms with van der Waals surface area (Å²) in [7, 11) is 0. The second-order valence-electron chi connectivity index (χ2n) is 6.27. The van der Waals surface area contributed by atoms with Crippen molar-refractivity contribution in [3.05, 3.63) is 57.8 Å². The zero-order chi connectivity index (χ0) is 18.5. The average molecular weight is 392 g/mol. The summed E-state index contributed by atoms with van der Waals surface area (Å²) in [5, 5.41) is 6.30. The lowest BCUT2D eigenvalue weighted by molar-refractivity contribution is 0.0922. The van der Waals surface area contributed by atoms with Crippen LogP contribution in [0.1, 0.15) is 53.1 Å². The normalized spacial score (nSPS) is 14.7. The van der Waals surface area contributed by atoms with Gasteiger partial charge in [-0.25, -0.2) is 4.98 Å². The first-order chi connectivity index (χ1) is 12.5. The number of halogens is 2. The number of hydrogen-bond donors (Lipinski definition) is 2. The van der Waals surface area contributed by atoms with E-state index in [1.807, 2.05) is 0 Å². The second-order valence-corrected chi connectivity index (χ2v) is 7.08. The lowest BCUT2D eigenvalue weighted by Crippen LogP contribution is -2.36. The molecule has 0 unspecified atom stereocenters. The molecule has 1 aliphatic rings. The Kier molecular flexibility index (Phi) is 6.12. The highest BCUT2D eigenvalue weighted by Crippen LogP contribution is 2.30. The maximum Gasteiger partial charge on any atom is 0.274 e. The van der Waals surface area contributed by atoms with Crippen molar-refractivity contribution >= 4 is 40.7 Å². The first kappa shape index (κ1) is 18.7. The number of rotatable bonds is 4. The topological polar surface area (TPSA) is 71.1 Å². The molecular weight excluding hydrogens is 373 g/mol. The zero-order valence-electron chi connectivity index (χ0n) is 14.1. The summed E-state index contributed by atoms with van der Waals surface area (Å²) in [5.41, 5.74) is 0.658. The van der Waals surface area contributed by atoms with Gasteiger partial charge in [0, 0.05) is 6.04 Å². The molecule has 0 spiro atoms. The highest BCUT2D eigenvalue weighted by Gasteiger charge is 2.19. The van der Waals surface area contributed by atoms with Gasteiger partial charge in [-0.2, -0.15) is 0 Å². The third kappa shape index (κ3) is 4.54. The number of amides is 2. The summed E-state index contributed by atoms with van der Waals surface area (Å²) in [4.78, 5) is 29.1. The molecule has 3 rings (SSSR count). The smallest absolute Gasteiger partial charge is 0.274 e. The SMILES string of the molecule is O=C(Nc1c(Cl)cccc1Cl)c1cccc(C(=O)NC2CCCCC2)n1. The third-order valence-corrected chi connectivity index (χ3v) is 4.99. The monoisotopic (exact) mass is 391 g/mol. The van der Waals surface area contributed by atoms with Gasteiger partial charge < -0.3 is 10.6 Å². The molecule has 0 bridgehead atoms. The molecule has 1 heterocycles. The van der Waals surface area contributed by atoms with Gasteiger partial charge >= 0.3 is 0 Å². The molecule has 0 atom stereocenters. The van der Waals surface area contributed by atoms with E-state index in [1.165, 1.54) is 12.5 Å². The number of para-hydroxylation sites is 1. The molecule has 1 aromatic carbocycles. The highest BCUT2D eigenvalue weighted by atomic mass is 35.5. The van der Waals surface area contributed by atoms with Crippen LogP contribution in [0.5, 0.6) is 0 Å². The number of hydrogen-bond acceptors (Lipinski definition) is 3. The lowest BCUT2D eigenvalue weighted by Gasteiger charge is -2.22. The molecule has 5 nitrogen and oxygen atoms in total. The highest BCUT2D eigenvalue weighted by molar-refractivity contribution is 6.40. The van der Waals surface area contributed by atoms with Gasteiger partial charge in [0.15, 0.2) is 0 Å². The van der Waals surface area contributed by atoms with Crippen molar-refractivity contribution < 1.29 is 9.59 Å². The average Bonchev–Trinajstić information content (AvgIpc) is 2.65. The summed E-state index contributed by atoms with van der Waals surface area (Å²) in [6.45, 7) is 0. The fourth-order valence-electron chi connectivity index (χ4n) is 2.99. The predicted octanol–water partition coefficient (Wildman–Crippen LogP) is 4.70. The van der Waals surface area contributed by atoms with Gasteiger partial charge in [0.1, 0.15) is 11.4 Å². The molecule has 1 aliphatic carbocycles. The minimum Gasteiger partial charge on any atom is -0.348 e. The number of aromatic nitrogens is 1. The molecule has 136 valence electrons. The van der Waals surface area contributed by atoms with Crippen LogP contribution in [0.4, 0.5) is 5.69 Å². The van der Waals surface area contributed by atoms with E-state index in [9.17, 15) is 9.59 Å². The Bertz CT molecular complexity index is 800. The molecular formula is C19H19Cl2N3O2. The van der Waals surface area contributed by atoms with E-state index in [0.717, 1.165) is 25.7 Å². The van der Waals surface area contributed by atoms with E-state index >= 15 is 0 Å². The summed E-state index contributed by atoms with van der Waals surface area (Å²) in [6.07, 6.45) is 5.43. The molecule has 0 aliphatic heterocycles. The van der Waals surface area contributed by atoms with Gasteiger partial charge in [-0.3, -0.25) is 9.59 Å². The number of benzene rings is 1. The largest absolute Gasteiger partial charge is 0.348 e. The molecule has 7 heteroatoms. The van der Waals surface area contributed by atoms with Crippen molar-refractivity contribution in [2.24, 2.45) is 0 Å². The van der Waals surface area contributed by atoms with Gasteiger partial charge in [-0.15, -0.1) is 0 Å². The van der Waals surface area contributed by atoms with Gasteiger partial charge in [0.2, 0.25) is 0 Å². The van der Waals surface area contributed by atoms with Gasteiger partial charge in [-0.1, -0.05) is 54.6 Å². The summed E-state index contributed by atoms with van der Waals surface area (Å²) < 4.78 is 0. The molecule has 1 fully saturated rings. The van der Waals surface area contributed by atoms with Crippen LogP contribution >= 0.6 is 23.2 Å². The van der Waals surface area contributed by atoms with Crippen LogP contribution in [-0.2, 0) is 0 Å². The molecule has 2 aromatic rings. The van der Waals surface area contributed by atoms with Crippen LogP contribution in [0.3, 0.4) is 0 Å². The van der Waals surface area contributed by atoms with Crippen molar-refractivity contribution in [1.82, 2.24) is 10.3 Å². The van der Waals surface area contributed by atoms with E-state index in [1.54, 1.807) is 30.3 Å². The quantitative estimate of drug-likeness (QED) is 0.792. The van der Waals surface area contributed by atoms with Gasteiger partial charge in [0.25, 0.3) is 11.8 Å². The molecule has 0 saturated heterocycles. The molecule has 2 N–H and O–H groups in total. The first-order valence-corrected chi connectivity index (χ1v) is 9.33.